The normalized spacial score (nSPS) is 43.5. The molecule has 1 N–H and O–H groups in total. The van der Waals surface area contributed by atoms with E-state index in [1.807, 2.05) is 42.8 Å². The Kier molecular flexibility index (Phi) is 5.03. The molecule has 6 rings (SSSR count). The lowest BCUT2D eigenvalue weighted by molar-refractivity contribution is -0.135. The summed E-state index contributed by atoms with van der Waals surface area (Å²) in [6.07, 6.45) is 10.4. The molecule has 0 aliphatic heterocycles. The molecule has 0 radical (unpaired) electrons. The van der Waals surface area contributed by atoms with Crippen molar-refractivity contribution in [1.82, 2.24) is 15.0 Å². The number of ketones is 1. The van der Waals surface area contributed by atoms with E-state index >= 15 is 0 Å². The molecule has 1 unspecified atom stereocenters. The number of hydrogen-bond donors (Lipinski definition) is 1. The van der Waals surface area contributed by atoms with Gasteiger partial charge in [-0.1, -0.05) is 24.3 Å². The molecule has 5 nitrogen and oxygen atoms in total. The van der Waals surface area contributed by atoms with Crippen LogP contribution in [0.25, 0.3) is 11.0 Å². The van der Waals surface area contributed by atoms with Crippen LogP contribution in [-0.4, -0.2) is 31.5 Å². The first-order chi connectivity index (χ1) is 15.8. The fourth-order valence-corrected chi connectivity index (χ4v) is 9.13. The molecule has 4 aliphatic rings. The molecule has 1 heterocycles. The van der Waals surface area contributed by atoms with Gasteiger partial charge in [0.25, 0.3) is 0 Å². The molecular formula is C28H39N3O2. The maximum Gasteiger partial charge on any atom is 0.160 e. The van der Waals surface area contributed by atoms with Crippen LogP contribution in [0, 0.1) is 40.9 Å². The van der Waals surface area contributed by atoms with Crippen LogP contribution in [0.15, 0.2) is 24.3 Å². The Morgan fingerprint density at radius 1 is 1.03 bits per heavy atom. The molecule has 4 fully saturated rings. The van der Waals surface area contributed by atoms with E-state index in [1.165, 1.54) is 38.5 Å². The molecule has 0 spiro atoms. The Balaban J connectivity index is 1.22. The first-order valence-corrected chi connectivity index (χ1v) is 13.3. The number of carbonyl (C=O) groups excluding carboxylic acids is 1. The van der Waals surface area contributed by atoms with Gasteiger partial charge in [-0.25, -0.2) is 4.68 Å². The van der Waals surface area contributed by atoms with Gasteiger partial charge >= 0.3 is 0 Å². The van der Waals surface area contributed by atoms with E-state index in [1.54, 1.807) is 0 Å². The van der Waals surface area contributed by atoms with Crippen LogP contribution in [0.5, 0.6) is 0 Å². The van der Waals surface area contributed by atoms with Crippen LogP contribution in [-0.2, 0) is 4.79 Å². The van der Waals surface area contributed by atoms with Crippen LogP contribution in [0.3, 0.4) is 0 Å². The van der Waals surface area contributed by atoms with Crippen LogP contribution >= 0.6 is 0 Å². The molecule has 1 aromatic heterocycles. The van der Waals surface area contributed by atoms with Gasteiger partial charge in [0.05, 0.1) is 11.1 Å². The molecule has 9 atom stereocenters. The predicted octanol–water partition coefficient (Wildman–Crippen LogP) is 5.58. The van der Waals surface area contributed by atoms with E-state index in [4.69, 9.17) is 0 Å². The molecule has 2 aromatic rings. The van der Waals surface area contributed by atoms with Gasteiger partial charge < -0.3 is 5.11 Å². The lowest BCUT2D eigenvalue weighted by Gasteiger charge is -2.57. The predicted molar refractivity (Wildman–Crippen MR) is 128 cm³/mol. The van der Waals surface area contributed by atoms with Crippen molar-refractivity contribution in [2.45, 2.75) is 90.2 Å². The number of rotatable bonds is 3. The van der Waals surface area contributed by atoms with Crippen molar-refractivity contribution in [1.29, 1.82) is 0 Å². The first-order valence-electron chi connectivity index (χ1n) is 13.3. The Hall–Kier alpha value is -1.75. The maximum absolute atomic E-state index is 13.9. The number of aromatic nitrogens is 3. The Bertz CT molecular complexity index is 1060. The maximum atomic E-state index is 13.9. The van der Waals surface area contributed by atoms with E-state index in [9.17, 15) is 9.90 Å². The highest BCUT2D eigenvalue weighted by molar-refractivity contribution is 5.87. The molecule has 178 valence electrons. The monoisotopic (exact) mass is 449 g/mol. The third-order valence-corrected chi connectivity index (χ3v) is 10.7. The smallest absolute Gasteiger partial charge is 0.160 e. The number of benzene rings is 1. The number of fused-ring (bicyclic) bond motifs is 6. The van der Waals surface area contributed by atoms with Gasteiger partial charge in [-0.2, -0.15) is 0 Å². The lowest BCUT2D eigenvalue weighted by atomic mass is 9.49. The second-order valence-electron chi connectivity index (χ2n) is 12.5. The summed E-state index contributed by atoms with van der Waals surface area (Å²) in [7, 11) is 0. The molecule has 5 heteroatoms. The van der Waals surface area contributed by atoms with Crippen LogP contribution in [0.1, 0.15) is 84.6 Å². The highest BCUT2D eigenvalue weighted by Gasteiger charge is 2.59. The highest BCUT2D eigenvalue weighted by Crippen LogP contribution is 2.65. The van der Waals surface area contributed by atoms with Gasteiger partial charge in [-0.15, -0.1) is 5.10 Å². The number of aliphatic hydroxyl groups is 1. The summed E-state index contributed by atoms with van der Waals surface area (Å²) in [4.78, 5) is 13.9. The fraction of sp³-hybridized carbons (Fsp3) is 0.750. The molecule has 0 saturated heterocycles. The third kappa shape index (κ3) is 3.32. The summed E-state index contributed by atoms with van der Waals surface area (Å²) in [5.74, 6) is 4.25. The summed E-state index contributed by atoms with van der Waals surface area (Å²) < 4.78 is 1.85. The van der Waals surface area contributed by atoms with Gasteiger partial charge in [-0.3, -0.25) is 4.79 Å². The average molecular weight is 450 g/mol. The summed E-state index contributed by atoms with van der Waals surface area (Å²) in [5.41, 5.74) is 1.48. The molecular weight excluding hydrogens is 410 g/mol. The van der Waals surface area contributed by atoms with Gasteiger partial charge in [0, 0.05) is 5.92 Å². The first kappa shape index (κ1) is 21.8. The standard InChI is InChI=1S/C28H39N3O2/c1-17(31-25-7-5-4-6-24(25)29-30-31)26(32)23-11-10-22-21-9-8-18-16-27(2,33)14-12-19(18)20(21)13-15-28(22,23)3/h4-7,17-23,33H,8-16H2,1-3H3/t17-,18+,19+,20?,21-,22+,23-,27-,28+/m1/s1. The number of Topliss-reactive ketones (excluding diaryl/α,β-unsaturated/α-hetero) is 1. The minimum Gasteiger partial charge on any atom is -0.390 e. The van der Waals surface area contributed by atoms with Gasteiger partial charge in [0.2, 0.25) is 0 Å². The van der Waals surface area contributed by atoms with E-state index in [0.717, 1.165) is 48.0 Å². The summed E-state index contributed by atoms with van der Waals surface area (Å²) in [5, 5.41) is 19.3. The lowest BCUT2D eigenvalue weighted by Crippen LogP contribution is -2.51. The molecule has 4 saturated carbocycles. The van der Waals surface area contributed by atoms with Crippen molar-refractivity contribution < 1.29 is 9.90 Å². The Labute approximate surface area is 197 Å². The van der Waals surface area contributed by atoms with E-state index in [-0.39, 0.29) is 17.4 Å². The van der Waals surface area contributed by atoms with Crippen LogP contribution in [0.4, 0.5) is 0 Å². The molecule has 33 heavy (non-hydrogen) atoms. The second-order valence-corrected chi connectivity index (χ2v) is 12.5. The molecule has 0 amide bonds. The van der Waals surface area contributed by atoms with Crippen molar-refractivity contribution in [3.05, 3.63) is 24.3 Å². The van der Waals surface area contributed by atoms with Crippen molar-refractivity contribution >= 4 is 16.8 Å². The Morgan fingerprint density at radius 3 is 2.67 bits per heavy atom. The van der Waals surface area contributed by atoms with Crippen molar-refractivity contribution in [3.8, 4) is 0 Å². The van der Waals surface area contributed by atoms with Crippen molar-refractivity contribution in [2.24, 2.45) is 40.9 Å². The number of nitrogens with zero attached hydrogens (tertiary/aromatic N) is 3. The average Bonchev–Trinajstić information content (AvgIpc) is 3.38. The van der Waals surface area contributed by atoms with Crippen molar-refractivity contribution in [2.75, 3.05) is 0 Å². The van der Waals surface area contributed by atoms with Gasteiger partial charge in [0.15, 0.2) is 5.78 Å². The minimum absolute atomic E-state index is 0.121. The molecule has 0 bridgehead atoms. The van der Waals surface area contributed by atoms with Gasteiger partial charge in [-0.05, 0) is 119 Å². The summed E-state index contributed by atoms with van der Waals surface area (Å²) in [6.45, 7) is 6.50. The Morgan fingerprint density at radius 2 is 1.82 bits per heavy atom. The second kappa shape index (κ2) is 7.63. The zero-order valence-corrected chi connectivity index (χ0v) is 20.4. The zero-order valence-electron chi connectivity index (χ0n) is 20.4. The SMILES string of the molecule is C[C@H](C(=O)[C@H]1CC[C@H]2[C@@H]3CC[C@H]4C[C@](C)(O)CC[C@@H]4C3CC[C@]12C)n1nnc2ccccc21. The summed E-state index contributed by atoms with van der Waals surface area (Å²) in [6, 6.07) is 7.67. The highest BCUT2D eigenvalue weighted by atomic mass is 16.3. The molecule has 4 aliphatic carbocycles. The van der Waals surface area contributed by atoms with E-state index < -0.39 is 5.60 Å². The van der Waals surface area contributed by atoms with E-state index in [2.05, 4.69) is 17.2 Å². The molecule has 1 aromatic carbocycles. The third-order valence-electron chi connectivity index (χ3n) is 10.7. The quantitative estimate of drug-likeness (QED) is 0.664. The topological polar surface area (TPSA) is 68.0 Å². The van der Waals surface area contributed by atoms with Crippen LogP contribution < -0.4 is 0 Å². The number of para-hydroxylation sites is 1. The van der Waals surface area contributed by atoms with E-state index in [0.29, 0.717) is 17.6 Å². The zero-order chi connectivity index (χ0) is 23.0. The largest absolute Gasteiger partial charge is 0.390 e. The number of hydrogen-bond acceptors (Lipinski definition) is 4. The summed E-state index contributed by atoms with van der Waals surface area (Å²) >= 11 is 0. The fourth-order valence-electron chi connectivity index (χ4n) is 9.13. The van der Waals surface area contributed by atoms with Gasteiger partial charge in [0.1, 0.15) is 11.6 Å². The minimum atomic E-state index is -0.455. The number of carbonyl (C=O) groups is 1. The van der Waals surface area contributed by atoms with Crippen molar-refractivity contribution in [3.63, 3.8) is 0 Å². The van der Waals surface area contributed by atoms with Crippen LogP contribution in [0.2, 0.25) is 0 Å².